The number of aliphatic hydroxyl groups excluding tert-OH is 1. The Balaban J connectivity index is 1.49. The molecular weight excluding hydrogens is 1160 g/mol. The Labute approximate surface area is 515 Å². The number of guanidine groups is 1. The van der Waals surface area contributed by atoms with Crippen molar-refractivity contribution in [1.82, 2.24) is 58.5 Å². The Morgan fingerprint density at radius 1 is 0.652 bits per heavy atom. The molecule has 0 aromatic heterocycles. The van der Waals surface area contributed by atoms with E-state index in [1.54, 1.807) is 18.4 Å². The van der Waals surface area contributed by atoms with Crippen LogP contribution in [0.3, 0.4) is 0 Å². The van der Waals surface area contributed by atoms with Crippen LogP contribution in [0.25, 0.3) is 0 Å². The fourth-order valence-electron chi connectivity index (χ4n) is 9.92. The van der Waals surface area contributed by atoms with E-state index in [2.05, 4.69) is 65.1 Å². The standard InChI is InChI=1S/C59H87N15O15/c1-32-11-6-5-9-23-64-30-38(32)28-42(51(61)82)71-53(84)40(14-10-24-65-59(62)63)69-56(87)45(27-36-15-16-36)68-48(79)31-66-52(83)43(25-35-12-7-4-8-13-35)73-58(89)50(33(2)75)74-57(88)46(29-47(60)78)72-54(85)41(21-22-49(80)81)70-55(86)44(67-34(3)76)26-37-17-19-39(77)20-18-37/h5-6,9,11,17-20,30,33,35-36,40-46,50,64,75,77H,1,4,7-8,10,12-16,21-29,31H2,2-3H3,(H2,60,78)(H2,61,82)(H,66,83)(H,67,76)(H,68,79)(H,69,87)(H,70,86)(H,71,84)(H,72,85)(H,73,89)(H,74,88)(H,80,81)(H4,62,63,65)/b9-5-,11-6-,38-30-/t33-,40+,41+,42+,43+,44-,45+,46+,50+/m1/s1. The van der Waals surface area contributed by atoms with Gasteiger partial charge in [-0.05, 0) is 79.7 Å². The maximum Gasteiger partial charge on any atom is 0.303 e. The second-order valence-corrected chi connectivity index (χ2v) is 22.5. The fraction of sp³-hybridized carbons (Fsp3) is 0.542. The number of aromatic hydroxyl groups is 1. The van der Waals surface area contributed by atoms with Gasteiger partial charge in [0.05, 0.1) is 19.1 Å². The van der Waals surface area contributed by atoms with Crippen LogP contribution in [-0.4, -0.2) is 166 Å². The molecule has 11 amide bonds. The van der Waals surface area contributed by atoms with Crippen molar-refractivity contribution in [1.29, 1.82) is 5.41 Å². The molecule has 0 saturated heterocycles. The number of carboxylic acid groups (broad SMARTS) is 1. The molecule has 30 nitrogen and oxygen atoms in total. The van der Waals surface area contributed by atoms with E-state index in [9.17, 15) is 72.9 Å². The molecule has 488 valence electrons. The summed E-state index contributed by atoms with van der Waals surface area (Å²) in [4.78, 5) is 161. The summed E-state index contributed by atoms with van der Waals surface area (Å²) in [5, 5.41) is 65.8. The van der Waals surface area contributed by atoms with Gasteiger partial charge < -0.3 is 91.0 Å². The number of carbonyl (C=O) groups is 12. The summed E-state index contributed by atoms with van der Waals surface area (Å²) in [6, 6.07) is -6.29. The number of nitrogens with one attached hydrogen (secondary N) is 12. The van der Waals surface area contributed by atoms with E-state index < -0.39 is 151 Å². The highest BCUT2D eigenvalue weighted by Crippen LogP contribution is 2.34. The zero-order chi connectivity index (χ0) is 65.7. The molecule has 0 unspecified atom stereocenters. The number of aliphatic hydroxyl groups is 1. The number of hydrogen-bond acceptors (Lipinski definition) is 16. The lowest BCUT2D eigenvalue weighted by Gasteiger charge is -2.29. The first-order valence-corrected chi connectivity index (χ1v) is 29.6. The van der Waals surface area contributed by atoms with Crippen LogP contribution in [-0.2, 0) is 64.0 Å². The summed E-state index contributed by atoms with van der Waals surface area (Å²) in [5.41, 5.74) is 18.3. The highest BCUT2D eigenvalue weighted by molar-refractivity contribution is 5.99. The molecular formula is C59H87N15O15. The lowest BCUT2D eigenvalue weighted by molar-refractivity contribution is -0.139. The summed E-state index contributed by atoms with van der Waals surface area (Å²) in [6.45, 7) is 6.21. The van der Waals surface area contributed by atoms with E-state index in [1.165, 1.54) is 24.3 Å². The third-order valence-electron chi connectivity index (χ3n) is 14.9. The second-order valence-electron chi connectivity index (χ2n) is 22.5. The van der Waals surface area contributed by atoms with Crippen molar-refractivity contribution in [3.63, 3.8) is 0 Å². The molecule has 9 atom stereocenters. The van der Waals surface area contributed by atoms with Gasteiger partial charge in [0, 0.05) is 45.5 Å². The normalized spacial score (nSPS) is 18.3. The molecule has 0 radical (unpaired) electrons. The molecule has 89 heavy (non-hydrogen) atoms. The van der Waals surface area contributed by atoms with E-state index in [1.807, 2.05) is 12.2 Å². The Hall–Kier alpha value is -9.35. The van der Waals surface area contributed by atoms with Gasteiger partial charge in [-0.15, -0.1) is 0 Å². The average molecular weight is 1250 g/mol. The molecule has 1 aromatic carbocycles. The minimum absolute atomic E-state index is 0.0147. The van der Waals surface area contributed by atoms with E-state index in [-0.39, 0.29) is 68.6 Å². The Morgan fingerprint density at radius 2 is 1.21 bits per heavy atom. The van der Waals surface area contributed by atoms with Gasteiger partial charge in [-0.1, -0.05) is 88.0 Å². The van der Waals surface area contributed by atoms with E-state index in [0.717, 1.165) is 46.0 Å². The molecule has 30 heteroatoms. The number of carbonyl (C=O) groups excluding carboxylic acids is 11. The number of rotatable bonds is 36. The minimum Gasteiger partial charge on any atom is -0.508 e. The number of carboxylic acids is 1. The van der Waals surface area contributed by atoms with E-state index >= 15 is 0 Å². The smallest absolute Gasteiger partial charge is 0.303 e. The van der Waals surface area contributed by atoms with Crippen molar-refractivity contribution in [2.75, 3.05) is 19.6 Å². The van der Waals surface area contributed by atoms with Crippen LogP contribution in [0.2, 0.25) is 0 Å². The molecule has 21 N–H and O–H groups in total. The fourth-order valence-corrected chi connectivity index (χ4v) is 9.92. The number of phenols is 1. The average Bonchev–Trinajstić information content (AvgIpc) is 4.45. The Kier molecular flexibility index (Phi) is 29.8. The first-order chi connectivity index (χ1) is 42.2. The molecule has 2 saturated carbocycles. The molecule has 0 bridgehead atoms. The number of phenolic OH excluding ortho intramolecular Hbond substituents is 1. The van der Waals surface area contributed by atoms with E-state index in [4.69, 9.17) is 22.6 Å². The van der Waals surface area contributed by atoms with Crippen molar-refractivity contribution in [2.45, 2.75) is 171 Å². The third-order valence-corrected chi connectivity index (χ3v) is 14.9. The Morgan fingerprint density at radius 3 is 1.80 bits per heavy atom. The highest BCUT2D eigenvalue weighted by Gasteiger charge is 2.38. The lowest BCUT2D eigenvalue weighted by Crippen LogP contribution is -2.61. The molecule has 1 aliphatic heterocycles. The number of aliphatic carboxylic acids is 1. The molecule has 3 aliphatic rings. The van der Waals surface area contributed by atoms with Gasteiger partial charge in [0.25, 0.3) is 0 Å². The monoisotopic (exact) mass is 1250 g/mol. The number of allylic oxidation sites excluding steroid dienone is 4. The van der Waals surface area contributed by atoms with Crippen molar-refractivity contribution < 1.29 is 72.9 Å². The predicted octanol–water partition coefficient (Wildman–Crippen LogP) is -2.86. The zero-order valence-corrected chi connectivity index (χ0v) is 50.2. The summed E-state index contributed by atoms with van der Waals surface area (Å²) < 4.78 is 0. The van der Waals surface area contributed by atoms with Gasteiger partial charge in [0.1, 0.15) is 54.1 Å². The van der Waals surface area contributed by atoms with Crippen molar-refractivity contribution in [3.05, 3.63) is 78.1 Å². The summed E-state index contributed by atoms with van der Waals surface area (Å²) in [7, 11) is 0. The predicted molar refractivity (Wildman–Crippen MR) is 323 cm³/mol. The number of amides is 11. The second kappa shape index (κ2) is 36.7. The largest absolute Gasteiger partial charge is 0.508 e. The van der Waals surface area contributed by atoms with Gasteiger partial charge in [0.15, 0.2) is 5.96 Å². The molecule has 4 rings (SSSR count). The first-order valence-electron chi connectivity index (χ1n) is 29.6. The van der Waals surface area contributed by atoms with Gasteiger partial charge in [-0.2, -0.15) is 0 Å². The van der Waals surface area contributed by atoms with Gasteiger partial charge >= 0.3 is 5.97 Å². The number of nitrogens with two attached hydrogens (primary N) is 3. The van der Waals surface area contributed by atoms with Crippen molar-refractivity contribution in [3.8, 4) is 5.75 Å². The van der Waals surface area contributed by atoms with Crippen LogP contribution in [0.5, 0.6) is 5.75 Å². The SMILES string of the molecule is C=C1/C=C\C=C/CN/C=C\1C[C@H](NC(=O)[C@H](CCCNC(=N)N)NC(=O)[C@H](CC1CC1)NC(=O)CNC(=O)[C@H](CC1CCCCC1)NC(=O)[C@@H](NC(=O)[C@H](CC(N)=O)NC(=O)[C@H](CCC(=O)O)NC(=O)[C@@H](Cc1ccc(O)cc1)NC(C)=O)[C@@H](C)O)C(N)=O. The van der Waals surface area contributed by atoms with Crippen LogP contribution < -0.4 is 75.7 Å². The van der Waals surface area contributed by atoms with Crippen LogP contribution in [0.1, 0.15) is 116 Å². The van der Waals surface area contributed by atoms with Crippen LogP contribution in [0.15, 0.2) is 72.5 Å². The summed E-state index contributed by atoms with van der Waals surface area (Å²) in [6.07, 6.45) is 10.6. The molecule has 2 fully saturated rings. The summed E-state index contributed by atoms with van der Waals surface area (Å²) in [5.74, 6) is -12.2. The molecule has 1 heterocycles. The quantitative estimate of drug-likeness (QED) is 0.0182. The molecule has 2 aliphatic carbocycles. The Bertz CT molecular complexity index is 2810. The third kappa shape index (κ3) is 27.1. The maximum atomic E-state index is 14.2. The van der Waals surface area contributed by atoms with Crippen molar-refractivity contribution >= 4 is 76.9 Å². The topological polar surface area (TPSA) is 500 Å². The number of primary amides is 2. The van der Waals surface area contributed by atoms with Crippen LogP contribution in [0.4, 0.5) is 0 Å². The number of benzene rings is 1. The molecule has 1 aromatic rings. The van der Waals surface area contributed by atoms with E-state index in [0.29, 0.717) is 36.1 Å². The first kappa shape index (κ1) is 72.1. The number of hydrogen-bond donors (Lipinski definition) is 18. The van der Waals surface area contributed by atoms with Gasteiger partial charge in [-0.25, -0.2) is 0 Å². The zero-order valence-electron chi connectivity index (χ0n) is 50.2. The lowest BCUT2D eigenvalue weighted by atomic mass is 9.84. The van der Waals surface area contributed by atoms with Crippen molar-refractivity contribution in [2.24, 2.45) is 29.0 Å². The minimum atomic E-state index is -1.90. The summed E-state index contributed by atoms with van der Waals surface area (Å²) >= 11 is 0. The van der Waals surface area contributed by atoms with Crippen LogP contribution in [0, 0.1) is 17.2 Å². The highest BCUT2D eigenvalue weighted by atomic mass is 16.4. The van der Waals surface area contributed by atoms with Gasteiger partial charge in [0.2, 0.25) is 65.0 Å². The molecule has 0 spiro atoms. The van der Waals surface area contributed by atoms with Gasteiger partial charge in [-0.3, -0.25) is 62.9 Å². The van der Waals surface area contributed by atoms with Crippen LogP contribution >= 0.6 is 0 Å². The maximum absolute atomic E-state index is 14.2.